The number of alkyl halides is 3. The van der Waals surface area contributed by atoms with Gasteiger partial charge in [0.1, 0.15) is 5.82 Å². The van der Waals surface area contributed by atoms with E-state index in [4.69, 9.17) is 0 Å². The van der Waals surface area contributed by atoms with Crippen molar-refractivity contribution in [2.24, 2.45) is 0 Å². The first-order valence-corrected chi connectivity index (χ1v) is 5.94. The molecule has 1 fully saturated rings. The van der Waals surface area contributed by atoms with Crippen LogP contribution in [-0.2, 0) is 6.18 Å². The maximum Gasteiger partial charge on any atom is 0.452 e. The predicted octanol–water partition coefficient (Wildman–Crippen LogP) is 1.16. The SMILES string of the molecule is FC(F)(F)c1nnc2cccc(N3CCNCC3)n12. The molecule has 1 aliphatic heterocycles. The Hall–Kier alpha value is -1.83. The molecule has 0 bridgehead atoms. The predicted molar refractivity (Wildman–Crippen MR) is 63.1 cm³/mol. The van der Waals surface area contributed by atoms with Gasteiger partial charge in [-0.15, -0.1) is 10.2 Å². The lowest BCUT2D eigenvalue weighted by molar-refractivity contribution is -0.145. The molecule has 5 nitrogen and oxygen atoms in total. The van der Waals surface area contributed by atoms with Crippen molar-refractivity contribution in [3.05, 3.63) is 24.0 Å². The second-order valence-electron chi connectivity index (χ2n) is 4.34. The summed E-state index contributed by atoms with van der Waals surface area (Å²) < 4.78 is 39.9. The minimum Gasteiger partial charge on any atom is -0.355 e. The number of pyridine rings is 1. The van der Waals surface area contributed by atoms with E-state index in [0.717, 1.165) is 17.5 Å². The summed E-state index contributed by atoms with van der Waals surface area (Å²) in [7, 11) is 0. The Kier molecular flexibility index (Phi) is 2.81. The molecule has 19 heavy (non-hydrogen) atoms. The molecule has 0 unspecified atom stereocenters. The topological polar surface area (TPSA) is 45.5 Å². The number of nitrogens with one attached hydrogen (secondary N) is 1. The van der Waals surface area contributed by atoms with E-state index in [-0.39, 0.29) is 5.65 Å². The highest BCUT2D eigenvalue weighted by molar-refractivity contribution is 5.52. The van der Waals surface area contributed by atoms with E-state index in [0.29, 0.717) is 18.9 Å². The van der Waals surface area contributed by atoms with Crippen LogP contribution >= 0.6 is 0 Å². The highest BCUT2D eigenvalue weighted by atomic mass is 19.4. The van der Waals surface area contributed by atoms with E-state index in [1.807, 2.05) is 4.90 Å². The maximum absolute atomic E-state index is 12.9. The van der Waals surface area contributed by atoms with Crippen LogP contribution in [0.5, 0.6) is 0 Å². The van der Waals surface area contributed by atoms with E-state index >= 15 is 0 Å². The van der Waals surface area contributed by atoms with Gasteiger partial charge in [0.2, 0.25) is 5.82 Å². The van der Waals surface area contributed by atoms with Gasteiger partial charge in [-0.3, -0.25) is 4.40 Å². The summed E-state index contributed by atoms with van der Waals surface area (Å²) in [5, 5.41) is 10.0. The minimum atomic E-state index is -4.51. The van der Waals surface area contributed by atoms with Crippen LogP contribution in [0.2, 0.25) is 0 Å². The average molecular weight is 271 g/mol. The van der Waals surface area contributed by atoms with Crippen molar-refractivity contribution < 1.29 is 13.2 Å². The molecule has 1 aliphatic rings. The summed E-state index contributed by atoms with van der Waals surface area (Å²) in [5.41, 5.74) is 0.211. The zero-order chi connectivity index (χ0) is 13.5. The first kappa shape index (κ1) is 12.2. The molecule has 3 rings (SSSR count). The molecule has 0 aliphatic carbocycles. The molecule has 0 spiro atoms. The minimum absolute atomic E-state index is 0.211. The number of rotatable bonds is 1. The standard InChI is InChI=1S/C11H12F3N5/c12-11(13,14)10-17-16-8-2-1-3-9(19(8)10)18-6-4-15-5-7-18/h1-3,15H,4-7H2. The first-order chi connectivity index (χ1) is 9.07. The summed E-state index contributed by atoms with van der Waals surface area (Å²) in [4.78, 5) is 1.90. The zero-order valence-electron chi connectivity index (χ0n) is 9.98. The van der Waals surface area contributed by atoms with E-state index in [2.05, 4.69) is 15.5 Å². The molecule has 0 saturated carbocycles. The van der Waals surface area contributed by atoms with Gasteiger partial charge in [-0.05, 0) is 12.1 Å². The van der Waals surface area contributed by atoms with Gasteiger partial charge in [-0.25, -0.2) is 0 Å². The van der Waals surface area contributed by atoms with Crippen LogP contribution in [0.1, 0.15) is 5.82 Å². The van der Waals surface area contributed by atoms with E-state index < -0.39 is 12.0 Å². The summed E-state index contributed by atoms with van der Waals surface area (Å²) >= 11 is 0. The Labute approximate surface area is 107 Å². The van der Waals surface area contributed by atoms with Crippen LogP contribution in [0.15, 0.2) is 18.2 Å². The number of hydrogen-bond donors (Lipinski definition) is 1. The summed E-state index contributed by atoms with van der Waals surface area (Å²) in [5.74, 6) is -0.493. The largest absolute Gasteiger partial charge is 0.452 e. The molecule has 1 saturated heterocycles. The molecule has 2 aromatic heterocycles. The third-order valence-corrected chi connectivity index (χ3v) is 3.10. The molecule has 1 N–H and O–H groups in total. The lowest BCUT2D eigenvalue weighted by Crippen LogP contribution is -2.44. The number of hydrogen-bond acceptors (Lipinski definition) is 4. The summed E-state index contributed by atoms with van der Waals surface area (Å²) in [6, 6.07) is 4.88. The van der Waals surface area contributed by atoms with Gasteiger partial charge in [-0.1, -0.05) is 6.07 Å². The monoisotopic (exact) mass is 271 g/mol. The first-order valence-electron chi connectivity index (χ1n) is 5.94. The second-order valence-corrected chi connectivity index (χ2v) is 4.34. The molecule has 0 radical (unpaired) electrons. The van der Waals surface area contributed by atoms with E-state index in [9.17, 15) is 13.2 Å². The van der Waals surface area contributed by atoms with Crippen molar-refractivity contribution in [1.82, 2.24) is 19.9 Å². The van der Waals surface area contributed by atoms with Gasteiger partial charge in [0, 0.05) is 26.2 Å². The van der Waals surface area contributed by atoms with Gasteiger partial charge in [0.05, 0.1) is 0 Å². The second kappa shape index (κ2) is 4.37. The molecule has 102 valence electrons. The Morgan fingerprint density at radius 2 is 1.84 bits per heavy atom. The van der Waals surface area contributed by atoms with Crippen molar-refractivity contribution >= 4 is 11.5 Å². The van der Waals surface area contributed by atoms with Crippen LogP contribution in [0.4, 0.5) is 19.0 Å². The Morgan fingerprint density at radius 1 is 1.11 bits per heavy atom. The van der Waals surface area contributed by atoms with Gasteiger partial charge < -0.3 is 10.2 Å². The number of aromatic nitrogens is 3. The highest BCUT2D eigenvalue weighted by Gasteiger charge is 2.38. The van der Waals surface area contributed by atoms with Crippen LogP contribution in [0.25, 0.3) is 5.65 Å². The Balaban J connectivity index is 2.15. The zero-order valence-corrected chi connectivity index (χ0v) is 9.98. The van der Waals surface area contributed by atoms with Gasteiger partial charge in [0.15, 0.2) is 5.65 Å². The fourth-order valence-corrected chi connectivity index (χ4v) is 2.25. The van der Waals surface area contributed by atoms with Gasteiger partial charge in [0.25, 0.3) is 0 Å². The van der Waals surface area contributed by atoms with Crippen LogP contribution in [0, 0.1) is 0 Å². The number of halogens is 3. The lowest BCUT2D eigenvalue weighted by Gasteiger charge is -2.30. The van der Waals surface area contributed by atoms with E-state index in [1.165, 1.54) is 6.07 Å². The molecule has 0 atom stereocenters. The Morgan fingerprint density at radius 3 is 2.53 bits per heavy atom. The molecule has 0 amide bonds. The quantitative estimate of drug-likeness (QED) is 0.845. The van der Waals surface area contributed by atoms with Crippen molar-refractivity contribution in [1.29, 1.82) is 0 Å². The average Bonchev–Trinajstić information content (AvgIpc) is 2.83. The third-order valence-electron chi connectivity index (χ3n) is 3.10. The fraction of sp³-hybridized carbons (Fsp3) is 0.455. The number of piperazine rings is 1. The van der Waals surface area contributed by atoms with E-state index in [1.54, 1.807) is 12.1 Å². The molecular weight excluding hydrogens is 259 g/mol. The molecule has 0 aromatic carbocycles. The van der Waals surface area contributed by atoms with Crippen molar-refractivity contribution in [2.45, 2.75) is 6.18 Å². The normalized spacial score (nSPS) is 17.1. The Bertz CT molecular complexity index is 586. The summed E-state index contributed by atoms with van der Waals surface area (Å²) in [6.45, 7) is 2.82. The summed E-state index contributed by atoms with van der Waals surface area (Å²) in [6.07, 6.45) is -4.51. The van der Waals surface area contributed by atoms with Crippen LogP contribution in [-0.4, -0.2) is 40.8 Å². The highest BCUT2D eigenvalue weighted by Crippen LogP contribution is 2.30. The van der Waals surface area contributed by atoms with Crippen LogP contribution < -0.4 is 10.2 Å². The van der Waals surface area contributed by atoms with Crippen LogP contribution in [0.3, 0.4) is 0 Å². The van der Waals surface area contributed by atoms with Gasteiger partial charge in [-0.2, -0.15) is 13.2 Å². The fourth-order valence-electron chi connectivity index (χ4n) is 2.25. The maximum atomic E-state index is 12.9. The number of nitrogens with zero attached hydrogens (tertiary/aromatic N) is 4. The number of anilines is 1. The smallest absolute Gasteiger partial charge is 0.355 e. The lowest BCUT2D eigenvalue weighted by atomic mass is 10.3. The van der Waals surface area contributed by atoms with Crippen molar-refractivity contribution in [3.63, 3.8) is 0 Å². The van der Waals surface area contributed by atoms with Crippen molar-refractivity contribution in [2.75, 3.05) is 31.1 Å². The molecular formula is C11H12F3N5. The number of fused-ring (bicyclic) bond motifs is 1. The van der Waals surface area contributed by atoms with Gasteiger partial charge >= 0.3 is 6.18 Å². The molecule has 8 heteroatoms. The molecule has 2 aromatic rings. The van der Waals surface area contributed by atoms with Crippen molar-refractivity contribution in [3.8, 4) is 0 Å². The molecule has 3 heterocycles. The third kappa shape index (κ3) is 2.12.